The maximum atomic E-state index is 10.6. The van der Waals surface area contributed by atoms with E-state index in [9.17, 15) is 20.1 Å². The van der Waals surface area contributed by atoms with Crippen LogP contribution in [0.25, 0.3) is 0 Å². The minimum atomic E-state index is -1.06. The van der Waals surface area contributed by atoms with E-state index in [0.29, 0.717) is 5.92 Å². The highest BCUT2D eigenvalue weighted by atomic mass is 16.4. The molecule has 7 atom stereocenters. The molecule has 24 heavy (non-hydrogen) atoms. The molecule has 0 aliphatic heterocycles. The molecule has 0 aromatic carbocycles. The van der Waals surface area contributed by atoms with Crippen LogP contribution in [0.15, 0.2) is 23.8 Å². The minimum Gasteiger partial charge on any atom is -0.481 e. The van der Waals surface area contributed by atoms with Crippen molar-refractivity contribution in [3.8, 4) is 0 Å². The Morgan fingerprint density at radius 3 is 2.75 bits per heavy atom. The van der Waals surface area contributed by atoms with Crippen molar-refractivity contribution in [2.24, 2.45) is 23.7 Å². The fourth-order valence-electron chi connectivity index (χ4n) is 4.15. The van der Waals surface area contributed by atoms with Gasteiger partial charge in [0.05, 0.1) is 24.7 Å². The Hall–Kier alpha value is -1.17. The maximum Gasteiger partial charge on any atom is 0.305 e. The number of aliphatic hydroxyl groups is 3. The number of allylic oxidation sites excluding steroid dienone is 3. The van der Waals surface area contributed by atoms with Gasteiger partial charge >= 0.3 is 5.97 Å². The average molecular weight is 338 g/mol. The summed E-state index contributed by atoms with van der Waals surface area (Å²) in [5.41, 5.74) is 1.20. The predicted octanol–water partition coefficient (Wildman–Crippen LogP) is 2.12. The summed E-state index contributed by atoms with van der Waals surface area (Å²) in [5, 5.41) is 39.2. The largest absolute Gasteiger partial charge is 0.481 e. The van der Waals surface area contributed by atoms with Gasteiger partial charge in [0.2, 0.25) is 0 Å². The van der Waals surface area contributed by atoms with E-state index in [2.05, 4.69) is 25.2 Å². The number of carboxylic acid groups (broad SMARTS) is 1. The maximum absolute atomic E-state index is 10.6. The summed E-state index contributed by atoms with van der Waals surface area (Å²) in [5.74, 6) is -0.454. The van der Waals surface area contributed by atoms with Gasteiger partial charge in [-0.05, 0) is 42.6 Å². The van der Waals surface area contributed by atoms with Gasteiger partial charge in [0, 0.05) is 12.3 Å². The van der Waals surface area contributed by atoms with Crippen LogP contribution in [0.5, 0.6) is 0 Å². The third-order valence-corrected chi connectivity index (χ3v) is 5.60. The topological polar surface area (TPSA) is 98.0 Å². The first-order valence-electron chi connectivity index (χ1n) is 8.93. The normalized spacial score (nSPS) is 33.3. The molecule has 0 aromatic rings. The van der Waals surface area contributed by atoms with Gasteiger partial charge in [-0.2, -0.15) is 0 Å². The van der Waals surface area contributed by atoms with Crippen molar-refractivity contribution in [3.63, 3.8) is 0 Å². The second-order valence-corrected chi connectivity index (χ2v) is 7.52. The summed E-state index contributed by atoms with van der Waals surface area (Å²) < 4.78 is 0. The van der Waals surface area contributed by atoms with E-state index in [4.69, 9.17) is 5.11 Å². The van der Waals surface area contributed by atoms with E-state index in [1.54, 1.807) is 0 Å². The second kappa shape index (κ2) is 8.28. The quantitative estimate of drug-likeness (QED) is 0.570. The van der Waals surface area contributed by atoms with Crippen LogP contribution in [-0.2, 0) is 4.79 Å². The summed E-state index contributed by atoms with van der Waals surface area (Å²) >= 11 is 0. The highest BCUT2D eigenvalue weighted by molar-refractivity contribution is 5.67. The molecule has 2 aliphatic rings. The van der Waals surface area contributed by atoms with Gasteiger partial charge in [0.1, 0.15) is 0 Å². The molecule has 5 nitrogen and oxygen atoms in total. The van der Waals surface area contributed by atoms with E-state index < -0.39 is 18.2 Å². The molecule has 0 radical (unpaired) electrons. The van der Waals surface area contributed by atoms with E-state index in [-0.39, 0.29) is 36.7 Å². The van der Waals surface area contributed by atoms with Crippen molar-refractivity contribution in [1.82, 2.24) is 0 Å². The molecule has 0 heterocycles. The van der Waals surface area contributed by atoms with Crippen molar-refractivity contribution < 1.29 is 25.2 Å². The van der Waals surface area contributed by atoms with Crippen molar-refractivity contribution in [1.29, 1.82) is 0 Å². The first-order chi connectivity index (χ1) is 11.3. The molecule has 0 aromatic heterocycles. The van der Waals surface area contributed by atoms with Crippen LogP contribution in [-0.4, -0.2) is 44.7 Å². The Labute approximate surface area is 143 Å². The number of aliphatic carboxylic acids is 1. The van der Waals surface area contributed by atoms with Crippen LogP contribution in [0.4, 0.5) is 0 Å². The van der Waals surface area contributed by atoms with E-state index in [1.807, 2.05) is 6.92 Å². The summed E-state index contributed by atoms with van der Waals surface area (Å²) in [7, 11) is 0. The number of rotatable bonds is 7. The molecule has 0 saturated carbocycles. The van der Waals surface area contributed by atoms with Crippen molar-refractivity contribution in [2.45, 2.75) is 64.3 Å². The number of aliphatic hydroxyl groups excluding tert-OH is 3. The highest BCUT2D eigenvalue weighted by Gasteiger charge is 2.38. The fourth-order valence-corrected chi connectivity index (χ4v) is 4.15. The number of carbonyl (C=O) groups is 1. The number of hydrogen-bond donors (Lipinski definition) is 4. The summed E-state index contributed by atoms with van der Waals surface area (Å²) in [6.45, 7) is 4.07. The van der Waals surface area contributed by atoms with Crippen molar-refractivity contribution in [2.75, 3.05) is 0 Å². The third kappa shape index (κ3) is 4.68. The lowest BCUT2D eigenvalue weighted by molar-refractivity contribution is -0.139. The van der Waals surface area contributed by atoms with Crippen molar-refractivity contribution in [3.05, 3.63) is 23.8 Å². The number of hydrogen-bond acceptors (Lipinski definition) is 4. The monoisotopic (exact) mass is 338 g/mol. The zero-order valence-electron chi connectivity index (χ0n) is 14.5. The first kappa shape index (κ1) is 19.2. The van der Waals surface area contributed by atoms with Gasteiger partial charge in [-0.3, -0.25) is 4.79 Å². The number of fused-ring (bicyclic) bond motifs is 1. The molecule has 0 saturated heterocycles. The van der Waals surface area contributed by atoms with Crippen LogP contribution in [0.1, 0.15) is 46.0 Å². The fraction of sp³-hybridized carbons (Fsp3) is 0.737. The zero-order valence-corrected chi connectivity index (χ0v) is 14.5. The Morgan fingerprint density at radius 2 is 2.08 bits per heavy atom. The van der Waals surface area contributed by atoms with Gasteiger partial charge < -0.3 is 20.4 Å². The standard InChI is InChI=1S/C19H30O5/c1-11-6-7-13-4-3-5-16(21)19(13)15(11)8-12(2)17(22)9-14(20)10-18(23)24/h4,6-7,11-12,14-17,19-22H,3,5,8-10H2,1-2H3,(H,23,24)/t11-,12+,14+,15-,16-,17-,19-/m0/s1. The van der Waals surface area contributed by atoms with Gasteiger partial charge in [-0.25, -0.2) is 0 Å². The Bertz CT molecular complexity index is 498. The SMILES string of the molecule is C[C@H](C[C@@H]1[C@@H]2C(=CCC[C@@H]2O)C=C[C@@H]1C)[C@@H](O)C[C@@H](O)CC(=O)O. The van der Waals surface area contributed by atoms with Crippen LogP contribution >= 0.6 is 0 Å². The van der Waals surface area contributed by atoms with Crippen LogP contribution in [0, 0.1) is 23.7 Å². The van der Waals surface area contributed by atoms with E-state index >= 15 is 0 Å². The lowest BCUT2D eigenvalue weighted by atomic mass is 9.65. The molecular weight excluding hydrogens is 308 g/mol. The average Bonchev–Trinajstić information content (AvgIpc) is 2.49. The van der Waals surface area contributed by atoms with E-state index in [0.717, 1.165) is 19.3 Å². The molecule has 0 amide bonds. The van der Waals surface area contributed by atoms with E-state index in [1.165, 1.54) is 5.57 Å². The molecule has 4 N–H and O–H groups in total. The molecule has 0 bridgehead atoms. The number of carboxylic acids is 1. The predicted molar refractivity (Wildman–Crippen MR) is 91.3 cm³/mol. The van der Waals surface area contributed by atoms with Gasteiger partial charge in [-0.1, -0.05) is 32.1 Å². The summed E-state index contributed by atoms with van der Waals surface area (Å²) in [6, 6.07) is 0. The Morgan fingerprint density at radius 1 is 1.38 bits per heavy atom. The van der Waals surface area contributed by atoms with Crippen LogP contribution in [0.3, 0.4) is 0 Å². The molecule has 136 valence electrons. The van der Waals surface area contributed by atoms with Crippen LogP contribution in [0.2, 0.25) is 0 Å². The second-order valence-electron chi connectivity index (χ2n) is 7.52. The van der Waals surface area contributed by atoms with Gasteiger partial charge in [-0.15, -0.1) is 0 Å². The molecule has 5 heteroatoms. The molecular formula is C19H30O5. The zero-order chi connectivity index (χ0) is 17.9. The first-order valence-corrected chi connectivity index (χ1v) is 8.93. The Balaban J connectivity index is 2.00. The summed E-state index contributed by atoms with van der Waals surface area (Å²) in [6.07, 6.45) is 6.51. The van der Waals surface area contributed by atoms with Crippen molar-refractivity contribution >= 4 is 5.97 Å². The highest BCUT2D eigenvalue weighted by Crippen LogP contribution is 2.43. The molecule has 2 aliphatic carbocycles. The lowest BCUT2D eigenvalue weighted by Crippen LogP contribution is -2.38. The summed E-state index contributed by atoms with van der Waals surface area (Å²) in [4.78, 5) is 10.6. The van der Waals surface area contributed by atoms with Gasteiger partial charge in [0.25, 0.3) is 0 Å². The smallest absolute Gasteiger partial charge is 0.305 e. The molecule has 0 unspecified atom stereocenters. The van der Waals surface area contributed by atoms with Gasteiger partial charge in [0.15, 0.2) is 0 Å². The Kier molecular flexibility index (Phi) is 6.61. The molecule has 0 fully saturated rings. The minimum absolute atomic E-state index is 0.0669. The third-order valence-electron chi connectivity index (χ3n) is 5.60. The van der Waals surface area contributed by atoms with Crippen LogP contribution < -0.4 is 0 Å². The lowest BCUT2D eigenvalue weighted by Gasteiger charge is -2.41. The molecule has 0 spiro atoms. The molecule has 2 rings (SSSR count).